The molecule has 104 valence electrons. The third-order valence-corrected chi connectivity index (χ3v) is 3.50. The average Bonchev–Trinajstić information content (AvgIpc) is 2.23. The molecule has 0 aromatic rings. The number of aliphatic carboxylic acids is 1. The number of carbonyl (C=O) groups is 2. The Bertz CT molecular complexity index is 310. The molecule has 1 saturated heterocycles. The van der Waals surface area contributed by atoms with Crippen LogP contribution >= 0.6 is 0 Å². The van der Waals surface area contributed by atoms with Crippen molar-refractivity contribution in [2.45, 2.75) is 45.3 Å². The molecule has 0 spiro atoms. The molecule has 6 nitrogen and oxygen atoms in total. The van der Waals surface area contributed by atoms with Crippen LogP contribution in [0.2, 0.25) is 0 Å². The first-order valence-corrected chi connectivity index (χ1v) is 6.30. The van der Waals surface area contributed by atoms with Gasteiger partial charge in [-0.25, -0.2) is 4.79 Å². The lowest BCUT2D eigenvalue weighted by Crippen LogP contribution is -2.59. The van der Waals surface area contributed by atoms with Crippen LogP contribution in [0.4, 0.5) is 4.79 Å². The first kappa shape index (κ1) is 14.8. The lowest BCUT2D eigenvalue weighted by Gasteiger charge is -2.42. The van der Waals surface area contributed by atoms with Crippen molar-refractivity contribution in [1.29, 1.82) is 0 Å². The number of nitrogens with zero attached hydrogens (tertiary/aromatic N) is 2. The summed E-state index contributed by atoms with van der Waals surface area (Å²) in [5, 5.41) is 11.4. The third-order valence-electron chi connectivity index (χ3n) is 3.50. The van der Waals surface area contributed by atoms with E-state index in [1.54, 1.807) is 11.8 Å². The highest BCUT2D eigenvalue weighted by molar-refractivity contribution is 5.76. The van der Waals surface area contributed by atoms with E-state index in [1.807, 2.05) is 0 Å². The summed E-state index contributed by atoms with van der Waals surface area (Å²) in [5.41, 5.74) is 0. The summed E-state index contributed by atoms with van der Waals surface area (Å²) in [5.74, 6) is -0.900. The molecule has 6 heteroatoms. The average molecular weight is 257 g/mol. The number of hydrogen-bond acceptors (Lipinski definition) is 3. The van der Waals surface area contributed by atoms with Crippen LogP contribution in [0.3, 0.4) is 0 Å². The van der Waals surface area contributed by atoms with E-state index in [0.717, 1.165) is 0 Å². The van der Waals surface area contributed by atoms with Crippen LogP contribution in [-0.2, 0) is 4.79 Å². The Morgan fingerprint density at radius 3 is 2.28 bits per heavy atom. The molecule has 3 atom stereocenters. The zero-order valence-corrected chi connectivity index (χ0v) is 11.5. The second-order valence-electron chi connectivity index (χ2n) is 5.22. The van der Waals surface area contributed by atoms with E-state index >= 15 is 0 Å². The SMILES string of the molecule is CC(CC(=O)O)NC(=O)N1CC(C)N(C)C(C)C1. The minimum absolute atomic E-state index is 0.0510. The van der Waals surface area contributed by atoms with E-state index in [1.165, 1.54) is 0 Å². The van der Waals surface area contributed by atoms with Crippen molar-refractivity contribution >= 4 is 12.0 Å². The Kier molecular flexibility index (Phi) is 4.95. The van der Waals surface area contributed by atoms with Gasteiger partial charge in [0, 0.05) is 31.2 Å². The Balaban J connectivity index is 2.49. The molecular formula is C12H23N3O3. The number of nitrogens with one attached hydrogen (secondary N) is 1. The summed E-state index contributed by atoms with van der Waals surface area (Å²) in [4.78, 5) is 26.5. The smallest absolute Gasteiger partial charge is 0.317 e. The van der Waals surface area contributed by atoms with Crippen molar-refractivity contribution in [1.82, 2.24) is 15.1 Å². The van der Waals surface area contributed by atoms with Gasteiger partial charge in [-0.3, -0.25) is 9.69 Å². The molecule has 1 heterocycles. The van der Waals surface area contributed by atoms with Gasteiger partial charge < -0.3 is 15.3 Å². The van der Waals surface area contributed by atoms with Crippen LogP contribution in [0.1, 0.15) is 27.2 Å². The second-order valence-corrected chi connectivity index (χ2v) is 5.22. The van der Waals surface area contributed by atoms with Gasteiger partial charge in [0.15, 0.2) is 0 Å². The van der Waals surface area contributed by atoms with Crippen LogP contribution in [0.25, 0.3) is 0 Å². The fourth-order valence-corrected chi connectivity index (χ4v) is 2.19. The summed E-state index contributed by atoms with van der Waals surface area (Å²) < 4.78 is 0. The van der Waals surface area contributed by atoms with Gasteiger partial charge in [-0.05, 0) is 27.8 Å². The van der Waals surface area contributed by atoms with E-state index in [9.17, 15) is 9.59 Å². The summed E-state index contributed by atoms with van der Waals surface area (Å²) in [6.07, 6.45) is -0.0510. The number of carbonyl (C=O) groups excluding carboxylic acids is 1. The molecule has 2 amide bonds. The fraction of sp³-hybridized carbons (Fsp3) is 0.833. The number of urea groups is 1. The van der Waals surface area contributed by atoms with Crippen molar-refractivity contribution in [2.75, 3.05) is 20.1 Å². The molecule has 1 aliphatic rings. The zero-order valence-electron chi connectivity index (χ0n) is 11.5. The standard InChI is InChI=1S/C12H23N3O3/c1-8(5-11(16)17)13-12(18)15-6-9(2)14(4)10(3)7-15/h8-10H,5-7H2,1-4H3,(H,13,18)(H,16,17). The maximum absolute atomic E-state index is 12.0. The van der Waals surface area contributed by atoms with Gasteiger partial charge >= 0.3 is 12.0 Å². The van der Waals surface area contributed by atoms with Crippen LogP contribution in [0.15, 0.2) is 0 Å². The van der Waals surface area contributed by atoms with E-state index in [2.05, 4.69) is 31.1 Å². The largest absolute Gasteiger partial charge is 0.481 e. The molecule has 1 aliphatic heterocycles. The van der Waals surface area contributed by atoms with E-state index in [4.69, 9.17) is 5.11 Å². The molecule has 0 aromatic carbocycles. The third kappa shape index (κ3) is 3.87. The van der Waals surface area contributed by atoms with Crippen molar-refractivity contribution in [3.8, 4) is 0 Å². The molecule has 0 saturated carbocycles. The normalized spacial score (nSPS) is 26.8. The van der Waals surface area contributed by atoms with Gasteiger partial charge in [0.1, 0.15) is 0 Å². The molecule has 0 radical (unpaired) electrons. The molecule has 1 fully saturated rings. The fourth-order valence-electron chi connectivity index (χ4n) is 2.19. The van der Waals surface area contributed by atoms with Crippen molar-refractivity contribution in [3.05, 3.63) is 0 Å². The lowest BCUT2D eigenvalue weighted by molar-refractivity contribution is -0.137. The number of hydrogen-bond donors (Lipinski definition) is 2. The van der Waals surface area contributed by atoms with E-state index < -0.39 is 5.97 Å². The zero-order chi connectivity index (χ0) is 13.9. The van der Waals surface area contributed by atoms with Gasteiger partial charge in [-0.15, -0.1) is 0 Å². The summed E-state index contributed by atoms with van der Waals surface area (Å²) in [6, 6.07) is 0.111. The first-order chi connectivity index (χ1) is 8.31. The lowest BCUT2D eigenvalue weighted by atomic mass is 10.1. The monoisotopic (exact) mass is 257 g/mol. The highest BCUT2D eigenvalue weighted by atomic mass is 16.4. The van der Waals surface area contributed by atoms with Crippen LogP contribution in [-0.4, -0.2) is 65.2 Å². The summed E-state index contributed by atoms with van der Waals surface area (Å²) >= 11 is 0. The van der Waals surface area contributed by atoms with Crippen LogP contribution in [0.5, 0.6) is 0 Å². The van der Waals surface area contributed by atoms with Gasteiger partial charge in [0.2, 0.25) is 0 Å². The van der Waals surface area contributed by atoms with Gasteiger partial charge in [-0.1, -0.05) is 0 Å². The molecule has 18 heavy (non-hydrogen) atoms. The number of carboxylic acids is 1. The topological polar surface area (TPSA) is 72.9 Å². The molecule has 2 N–H and O–H groups in total. The summed E-state index contributed by atoms with van der Waals surface area (Å²) in [6.45, 7) is 7.21. The maximum Gasteiger partial charge on any atom is 0.317 e. The molecule has 0 bridgehead atoms. The quantitative estimate of drug-likeness (QED) is 0.776. The minimum Gasteiger partial charge on any atom is -0.481 e. The Morgan fingerprint density at radius 2 is 1.83 bits per heavy atom. The highest BCUT2D eigenvalue weighted by Crippen LogP contribution is 2.13. The Morgan fingerprint density at radius 1 is 1.33 bits per heavy atom. The predicted octanol–water partition coefficient (Wildman–Crippen LogP) is 0.584. The van der Waals surface area contributed by atoms with Gasteiger partial charge in [-0.2, -0.15) is 0 Å². The van der Waals surface area contributed by atoms with E-state index in [0.29, 0.717) is 25.2 Å². The summed E-state index contributed by atoms with van der Waals surface area (Å²) in [7, 11) is 2.05. The van der Waals surface area contributed by atoms with Gasteiger partial charge in [0.05, 0.1) is 6.42 Å². The van der Waals surface area contributed by atoms with Crippen molar-refractivity contribution in [2.24, 2.45) is 0 Å². The predicted molar refractivity (Wildman–Crippen MR) is 68.5 cm³/mol. The van der Waals surface area contributed by atoms with Crippen molar-refractivity contribution < 1.29 is 14.7 Å². The van der Waals surface area contributed by atoms with Gasteiger partial charge in [0.25, 0.3) is 0 Å². The van der Waals surface area contributed by atoms with Crippen LogP contribution < -0.4 is 5.32 Å². The highest BCUT2D eigenvalue weighted by Gasteiger charge is 2.29. The van der Waals surface area contributed by atoms with Crippen LogP contribution in [0, 0.1) is 0 Å². The number of amides is 2. The minimum atomic E-state index is -0.900. The molecular weight excluding hydrogens is 234 g/mol. The first-order valence-electron chi connectivity index (χ1n) is 6.30. The van der Waals surface area contributed by atoms with Crippen molar-refractivity contribution in [3.63, 3.8) is 0 Å². The molecule has 1 rings (SSSR count). The Hall–Kier alpha value is -1.30. The number of rotatable bonds is 3. The molecule has 3 unspecified atom stereocenters. The Labute approximate surface area is 108 Å². The number of carboxylic acid groups (broad SMARTS) is 1. The number of piperazine rings is 1. The molecule has 0 aromatic heterocycles. The molecule has 0 aliphatic carbocycles. The second kappa shape index (κ2) is 6.04. The maximum atomic E-state index is 12.0. The van der Waals surface area contributed by atoms with E-state index in [-0.39, 0.29) is 18.5 Å². The number of likely N-dealkylation sites (N-methyl/N-ethyl adjacent to an activating group) is 1.